The molecule has 0 atom stereocenters. The topological polar surface area (TPSA) is 72.8 Å². The zero-order chi connectivity index (χ0) is 17.6. The van der Waals surface area contributed by atoms with Crippen LogP contribution in [0.2, 0.25) is 0 Å². The molecule has 0 spiro atoms. The molecule has 0 amide bonds. The lowest BCUT2D eigenvalue weighted by atomic mass is 10.2. The van der Waals surface area contributed by atoms with Crippen molar-refractivity contribution in [2.75, 3.05) is 0 Å². The summed E-state index contributed by atoms with van der Waals surface area (Å²) in [5.41, 5.74) is 2.14. The first-order valence-corrected chi connectivity index (χ1v) is 9.04. The Morgan fingerprint density at radius 1 is 1.24 bits per heavy atom. The predicted molar refractivity (Wildman–Crippen MR) is 102 cm³/mol. The van der Waals surface area contributed by atoms with E-state index in [4.69, 9.17) is 0 Å². The highest BCUT2D eigenvalue weighted by molar-refractivity contribution is 7.16. The van der Waals surface area contributed by atoms with Crippen molar-refractivity contribution < 1.29 is 4.92 Å². The third-order valence-electron chi connectivity index (χ3n) is 3.30. The lowest BCUT2D eigenvalue weighted by Gasteiger charge is -2.05. The van der Waals surface area contributed by atoms with Gasteiger partial charge in [-0.05, 0) is 11.6 Å². The molecule has 25 heavy (non-hydrogen) atoms. The van der Waals surface area contributed by atoms with Crippen LogP contribution in [0.4, 0.5) is 5.00 Å². The van der Waals surface area contributed by atoms with Crippen molar-refractivity contribution in [1.82, 2.24) is 4.57 Å². The summed E-state index contributed by atoms with van der Waals surface area (Å²) in [7, 11) is 0. The standard InChI is InChI=1S/C17H14N4O2S2/c1-2-10-20-15(13-6-4-3-5-7-13)12-24-17(20)19-18-11-14-8-9-16(25-14)21(22)23/h2-9,11-12H,1,10H2/b18-11+,19-17+. The molecule has 3 rings (SSSR count). The van der Waals surface area contributed by atoms with Crippen molar-refractivity contribution in [2.24, 2.45) is 10.2 Å². The minimum Gasteiger partial charge on any atom is -0.311 e. The maximum absolute atomic E-state index is 10.7. The van der Waals surface area contributed by atoms with Gasteiger partial charge in [0, 0.05) is 18.0 Å². The SMILES string of the molecule is C=CCn1c(-c2ccccc2)cs/c1=N/N=C/c1ccc([N+](=O)[O-])s1. The second kappa shape index (κ2) is 7.82. The van der Waals surface area contributed by atoms with E-state index in [-0.39, 0.29) is 5.00 Å². The van der Waals surface area contributed by atoms with Gasteiger partial charge in [0.15, 0.2) is 0 Å². The van der Waals surface area contributed by atoms with E-state index in [2.05, 4.69) is 16.8 Å². The molecule has 3 aromatic rings. The molecule has 0 N–H and O–H groups in total. The fraction of sp³-hybridized carbons (Fsp3) is 0.0588. The highest BCUT2D eigenvalue weighted by Crippen LogP contribution is 2.22. The van der Waals surface area contributed by atoms with Crippen LogP contribution in [0.15, 0.2) is 70.7 Å². The number of nitrogens with zero attached hydrogens (tertiary/aromatic N) is 4. The first-order chi connectivity index (χ1) is 12.2. The summed E-state index contributed by atoms with van der Waals surface area (Å²) < 4.78 is 2.03. The van der Waals surface area contributed by atoms with Crippen LogP contribution in [0.3, 0.4) is 0 Å². The van der Waals surface area contributed by atoms with Crippen LogP contribution in [0.25, 0.3) is 11.3 Å². The first kappa shape index (κ1) is 17.0. The Morgan fingerprint density at radius 3 is 2.72 bits per heavy atom. The second-order valence-corrected chi connectivity index (χ2v) is 6.88. The van der Waals surface area contributed by atoms with E-state index < -0.39 is 4.92 Å². The number of hydrogen-bond donors (Lipinski definition) is 0. The normalized spacial score (nSPS) is 11.9. The van der Waals surface area contributed by atoms with Gasteiger partial charge in [-0.2, -0.15) is 5.10 Å². The molecule has 1 aromatic carbocycles. The van der Waals surface area contributed by atoms with Gasteiger partial charge in [0.25, 0.3) is 0 Å². The molecule has 0 unspecified atom stereocenters. The Balaban J connectivity index is 1.92. The molecule has 0 saturated carbocycles. The fourth-order valence-electron chi connectivity index (χ4n) is 2.20. The lowest BCUT2D eigenvalue weighted by Crippen LogP contribution is -2.14. The monoisotopic (exact) mass is 370 g/mol. The maximum atomic E-state index is 10.7. The van der Waals surface area contributed by atoms with E-state index in [9.17, 15) is 10.1 Å². The zero-order valence-corrected chi connectivity index (χ0v) is 14.7. The number of thiophene rings is 1. The Labute approximate surface area is 151 Å². The van der Waals surface area contributed by atoms with Crippen LogP contribution in [0.1, 0.15) is 4.88 Å². The first-order valence-electron chi connectivity index (χ1n) is 7.35. The molecule has 0 aliphatic carbocycles. The molecule has 2 aromatic heterocycles. The van der Waals surface area contributed by atoms with Crippen LogP contribution in [0.5, 0.6) is 0 Å². The smallest absolute Gasteiger partial charge is 0.311 e. The summed E-state index contributed by atoms with van der Waals surface area (Å²) in [5.74, 6) is 0. The Bertz CT molecular complexity index is 984. The van der Waals surface area contributed by atoms with E-state index in [0.717, 1.165) is 27.4 Å². The van der Waals surface area contributed by atoms with Gasteiger partial charge in [0.1, 0.15) is 0 Å². The summed E-state index contributed by atoms with van der Waals surface area (Å²) >= 11 is 2.55. The summed E-state index contributed by atoms with van der Waals surface area (Å²) in [5, 5.41) is 21.2. The predicted octanol–water partition coefficient (Wildman–Crippen LogP) is 4.31. The van der Waals surface area contributed by atoms with Gasteiger partial charge in [-0.15, -0.1) is 23.0 Å². The number of aromatic nitrogens is 1. The van der Waals surface area contributed by atoms with Gasteiger partial charge in [-0.3, -0.25) is 10.1 Å². The van der Waals surface area contributed by atoms with Gasteiger partial charge in [-0.25, -0.2) is 0 Å². The van der Waals surface area contributed by atoms with Crippen LogP contribution >= 0.6 is 22.7 Å². The molecule has 0 aliphatic heterocycles. The van der Waals surface area contributed by atoms with Crippen molar-refractivity contribution in [3.05, 3.63) is 80.3 Å². The van der Waals surface area contributed by atoms with E-state index in [1.807, 2.05) is 46.4 Å². The zero-order valence-electron chi connectivity index (χ0n) is 13.1. The number of hydrogen-bond acceptors (Lipinski definition) is 6. The molecule has 8 heteroatoms. The van der Waals surface area contributed by atoms with Gasteiger partial charge in [0.05, 0.1) is 21.7 Å². The molecule has 0 radical (unpaired) electrons. The molecular formula is C17H14N4O2S2. The fourth-order valence-corrected chi connectivity index (χ4v) is 3.76. The molecule has 0 bridgehead atoms. The van der Waals surface area contributed by atoms with Crippen LogP contribution in [-0.4, -0.2) is 15.7 Å². The number of nitro groups is 1. The van der Waals surface area contributed by atoms with Crippen LogP contribution in [-0.2, 0) is 6.54 Å². The van der Waals surface area contributed by atoms with Crippen molar-refractivity contribution in [1.29, 1.82) is 0 Å². The van der Waals surface area contributed by atoms with Crippen molar-refractivity contribution in [3.8, 4) is 11.3 Å². The number of benzene rings is 1. The molecule has 6 nitrogen and oxygen atoms in total. The Hall–Kier alpha value is -2.84. The van der Waals surface area contributed by atoms with Crippen LogP contribution in [0, 0.1) is 10.1 Å². The van der Waals surface area contributed by atoms with Crippen molar-refractivity contribution >= 4 is 33.9 Å². The molecule has 126 valence electrons. The molecular weight excluding hydrogens is 356 g/mol. The minimum atomic E-state index is -0.414. The van der Waals surface area contributed by atoms with Gasteiger partial charge in [-0.1, -0.05) is 47.7 Å². The van der Waals surface area contributed by atoms with Gasteiger partial charge < -0.3 is 4.57 Å². The van der Waals surface area contributed by atoms with E-state index in [0.29, 0.717) is 11.4 Å². The molecule has 2 heterocycles. The molecule has 0 aliphatic rings. The highest BCUT2D eigenvalue weighted by Gasteiger charge is 2.08. The van der Waals surface area contributed by atoms with Crippen LogP contribution < -0.4 is 4.80 Å². The number of thiazole rings is 1. The molecule has 0 saturated heterocycles. The summed E-state index contributed by atoms with van der Waals surface area (Å²) in [6, 6.07) is 13.2. The average molecular weight is 370 g/mol. The largest absolute Gasteiger partial charge is 0.324 e. The Kier molecular flexibility index (Phi) is 5.32. The van der Waals surface area contributed by atoms with E-state index in [1.165, 1.54) is 23.6 Å². The van der Waals surface area contributed by atoms with Gasteiger partial charge in [0.2, 0.25) is 4.80 Å². The Morgan fingerprint density at radius 2 is 2.04 bits per heavy atom. The highest BCUT2D eigenvalue weighted by atomic mass is 32.1. The summed E-state index contributed by atoms with van der Waals surface area (Å²) in [4.78, 5) is 11.7. The van der Waals surface area contributed by atoms with E-state index in [1.54, 1.807) is 6.07 Å². The molecule has 0 fully saturated rings. The van der Waals surface area contributed by atoms with Gasteiger partial charge >= 0.3 is 5.00 Å². The summed E-state index contributed by atoms with van der Waals surface area (Å²) in [6.45, 7) is 4.42. The van der Waals surface area contributed by atoms with Crippen molar-refractivity contribution in [3.63, 3.8) is 0 Å². The van der Waals surface area contributed by atoms with Crippen molar-refractivity contribution in [2.45, 2.75) is 6.54 Å². The lowest BCUT2D eigenvalue weighted by molar-refractivity contribution is -0.380. The minimum absolute atomic E-state index is 0.0886. The second-order valence-electron chi connectivity index (χ2n) is 4.95. The number of allylic oxidation sites excluding steroid dienone is 1. The average Bonchev–Trinajstić information content (AvgIpc) is 3.24. The number of rotatable bonds is 6. The van der Waals surface area contributed by atoms with E-state index >= 15 is 0 Å². The third-order valence-corrected chi connectivity index (χ3v) is 5.13. The quantitative estimate of drug-likeness (QED) is 0.281. The maximum Gasteiger partial charge on any atom is 0.324 e. The summed E-state index contributed by atoms with van der Waals surface area (Å²) in [6.07, 6.45) is 3.34. The third kappa shape index (κ3) is 3.98.